The van der Waals surface area contributed by atoms with E-state index in [-0.39, 0.29) is 10.7 Å². The molecule has 0 aliphatic carbocycles. The van der Waals surface area contributed by atoms with Crippen molar-refractivity contribution < 1.29 is 18.4 Å². The zero-order valence-electron chi connectivity index (χ0n) is 12.0. The van der Waals surface area contributed by atoms with Crippen LogP contribution in [0, 0.1) is 11.6 Å². The number of benzene rings is 2. The summed E-state index contributed by atoms with van der Waals surface area (Å²) in [5.41, 5.74) is 0.0770. The zero-order valence-corrected chi connectivity index (χ0v) is 13.5. The van der Waals surface area contributed by atoms with Crippen molar-refractivity contribution in [3.63, 3.8) is 0 Å². The Bertz CT molecular complexity index is 787. The van der Waals surface area contributed by atoms with Gasteiger partial charge in [-0.2, -0.15) is 0 Å². The molecule has 3 N–H and O–H groups in total. The van der Waals surface area contributed by atoms with Gasteiger partial charge in [-0.1, -0.05) is 23.2 Å². The second-order valence-corrected chi connectivity index (χ2v) is 5.45. The third-order valence-electron chi connectivity index (χ3n) is 2.79. The fraction of sp³-hybridized carbons (Fsp3) is 0.0667. The average molecular weight is 374 g/mol. The van der Waals surface area contributed by atoms with E-state index in [1.807, 2.05) is 0 Å². The number of carbonyl (C=O) groups excluding carboxylic acids is 2. The van der Waals surface area contributed by atoms with E-state index in [1.54, 1.807) is 6.07 Å². The molecule has 2 aromatic rings. The molecule has 0 saturated heterocycles. The van der Waals surface area contributed by atoms with E-state index in [9.17, 15) is 18.4 Å². The first-order valence-electron chi connectivity index (χ1n) is 6.60. The van der Waals surface area contributed by atoms with Gasteiger partial charge in [-0.3, -0.25) is 4.79 Å². The smallest absolute Gasteiger partial charge is 0.319 e. The number of hydrogen-bond donors (Lipinski definition) is 3. The van der Waals surface area contributed by atoms with Crippen molar-refractivity contribution in [1.29, 1.82) is 0 Å². The maximum absolute atomic E-state index is 13.4. The highest BCUT2D eigenvalue weighted by Crippen LogP contribution is 2.25. The molecule has 0 atom stereocenters. The Balaban J connectivity index is 1.87. The number of nitrogens with one attached hydrogen (secondary N) is 3. The van der Waals surface area contributed by atoms with Gasteiger partial charge >= 0.3 is 6.03 Å². The van der Waals surface area contributed by atoms with Crippen LogP contribution in [0.3, 0.4) is 0 Å². The summed E-state index contributed by atoms with van der Waals surface area (Å²) in [6, 6.07) is 6.38. The Morgan fingerprint density at radius 2 is 1.71 bits per heavy atom. The maximum atomic E-state index is 13.4. The number of amides is 3. The summed E-state index contributed by atoms with van der Waals surface area (Å²) in [5, 5.41) is 7.52. The van der Waals surface area contributed by atoms with Gasteiger partial charge in [-0.05, 0) is 30.3 Å². The monoisotopic (exact) mass is 373 g/mol. The maximum Gasteiger partial charge on any atom is 0.319 e. The topological polar surface area (TPSA) is 70.2 Å². The standard InChI is InChI=1S/C15H11Cl2F2N3O2/c16-8-1-3-10(17)13(5-8)21-14(23)7-20-15(24)22-12-4-2-9(18)6-11(12)19/h1-6H,7H2,(H,21,23)(H2,20,22,24). The quantitative estimate of drug-likeness (QED) is 0.756. The van der Waals surface area contributed by atoms with E-state index < -0.39 is 30.1 Å². The van der Waals surface area contributed by atoms with E-state index in [4.69, 9.17) is 23.2 Å². The van der Waals surface area contributed by atoms with Crippen LogP contribution in [0.4, 0.5) is 25.0 Å². The Morgan fingerprint density at radius 1 is 0.958 bits per heavy atom. The summed E-state index contributed by atoms with van der Waals surface area (Å²) in [6.45, 7) is -0.391. The molecule has 3 amide bonds. The minimum absolute atomic E-state index is 0.216. The molecule has 0 saturated carbocycles. The number of urea groups is 1. The van der Waals surface area contributed by atoms with Crippen molar-refractivity contribution in [2.45, 2.75) is 0 Å². The fourth-order valence-corrected chi connectivity index (χ4v) is 2.04. The van der Waals surface area contributed by atoms with Gasteiger partial charge in [-0.15, -0.1) is 0 Å². The third kappa shape index (κ3) is 5.07. The minimum atomic E-state index is -0.930. The summed E-state index contributed by atoms with van der Waals surface area (Å²) in [5.74, 6) is -2.26. The molecular weight excluding hydrogens is 363 g/mol. The molecule has 0 radical (unpaired) electrons. The van der Waals surface area contributed by atoms with Crippen LogP contribution in [0.2, 0.25) is 10.0 Å². The first kappa shape index (κ1) is 18.0. The first-order valence-corrected chi connectivity index (χ1v) is 7.35. The highest BCUT2D eigenvalue weighted by molar-refractivity contribution is 6.35. The summed E-state index contributed by atoms with van der Waals surface area (Å²) in [7, 11) is 0. The van der Waals surface area contributed by atoms with Gasteiger partial charge in [0.2, 0.25) is 5.91 Å². The van der Waals surface area contributed by atoms with Crippen LogP contribution >= 0.6 is 23.2 Å². The van der Waals surface area contributed by atoms with Crippen molar-refractivity contribution in [2.75, 3.05) is 17.2 Å². The van der Waals surface area contributed by atoms with Crippen molar-refractivity contribution in [3.8, 4) is 0 Å². The lowest BCUT2D eigenvalue weighted by molar-refractivity contribution is -0.115. The number of rotatable bonds is 4. The molecule has 24 heavy (non-hydrogen) atoms. The zero-order chi connectivity index (χ0) is 17.7. The van der Waals surface area contributed by atoms with Crippen LogP contribution in [0.25, 0.3) is 0 Å². The van der Waals surface area contributed by atoms with Gasteiger partial charge in [0.1, 0.15) is 11.6 Å². The van der Waals surface area contributed by atoms with Crippen molar-refractivity contribution in [1.82, 2.24) is 5.32 Å². The van der Waals surface area contributed by atoms with E-state index in [0.717, 1.165) is 12.1 Å². The van der Waals surface area contributed by atoms with Gasteiger partial charge in [0.05, 0.1) is 22.9 Å². The number of hydrogen-bond acceptors (Lipinski definition) is 2. The van der Waals surface area contributed by atoms with E-state index >= 15 is 0 Å². The Labute approximate surface area is 145 Å². The van der Waals surface area contributed by atoms with Crippen LogP contribution in [0.15, 0.2) is 36.4 Å². The first-order chi connectivity index (χ1) is 11.3. The Hall–Kier alpha value is -2.38. The van der Waals surface area contributed by atoms with Crippen molar-refractivity contribution in [3.05, 3.63) is 58.1 Å². The van der Waals surface area contributed by atoms with E-state index in [1.165, 1.54) is 12.1 Å². The summed E-state index contributed by atoms with van der Waals surface area (Å²) in [6.07, 6.45) is 0. The molecule has 0 aliphatic heterocycles. The van der Waals surface area contributed by atoms with E-state index in [2.05, 4.69) is 16.0 Å². The second kappa shape index (κ2) is 7.94. The van der Waals surface area contributed by atoms with Crippen LogP contribution in [0.5, 0.6) is 0 Å². The predicted octanol–water partition coefficient (Wildman–Crippen LogP) is 4.03. The van der Waals surface area contributed by atoms with Crippen molar-refractivity contribution >= 4 is 46.5 Å². The molecule has 2 rings (SSSR count). The largest absolute Gasteiger partial charge is 0.329 e. The molecule has 126 valence electrons. The second-order valence-electron chi connectivity index (χ2n) is 4.60. The summed E-state index contributed by atoms with van der Waals surface area (Å²) >= 11 is 11.7. The lowest BCUT2D eigenvalue weighted by Crippen LogP contribution is -2.36. The van der Waals surface area contributed by atoms with Gasteiger partial charge in [0.15, 0.2) is 0 Å². The highest BCUT2D eigenvalue weighted by Gasteiger charge is 2.10. The van der Waals surface area contributed by atoms with Gasteiger partial charge < -0.3 is 16.0 Å². The van der Waals surface area contributed by atoms with Crippen LogP contribution in [0.1, 0.15) is 0 Å². The third-order valence-corrected chi connectivity index (χ3v) is 3.36. The minimum Gasteiger partial charge on any atom is -0.329 e. The molecule has 0 aromatic heterocycles. The summed E-state index contributed by atoms with van der Waals surface area (Å²) in [4.78, 5) is 23.4. The lowest BCUT2D eigenvalue weighted by Gasteiger charge is -2.10. The molecule has 0 bridgehead atoms. The molecule has 0 heterocycles. The Morgan fingerprint density at radius 3 is 2.42 bits per heavy atom. The van der Waals surface area contributed by atoms with Crippen LogP contribution < -0.4 is 16.0 Å². The lowest BCUT2D eigenvalue weighted by atomic mass is 10.3. The van der Waals surface area contributed by atoms with Crippen LogP contribution in [-0.4, -0.2) is 18.5 Å². The molecule has 0 fully saturated rings. The van der Waals surface area contributed by atoms with Gasteiger partial charge in [0.25, 0.3) is 0 Å². The number of halogens is 4. The molecular formula is C15H11Cl2F2N3O2. The number of anilines is 2. The molecule has 0 unspecified atom stereocenters. The van der Waals surface area contributed by atoms with Gasteiger partial charge in [0, 0.05) is 11.1 Å². The van der Waals surface area contributed by atoms with E-state index in [0.29, 0.717) is 16.8 Å². The average Bonchev–Trinajstić information content (AvgIpc) is 2.52. The molecule has 2 aromatic carbocycles. The summed E-state index contributed by atoms with van der Waals surface area (Å²) < 4.78 is 26.2. The van der Waals surface area contributed by atoms with Crippen LogP contribution in [-0.2, 0) is 4.79 Å². The normalized spacial score (nSPS) is 10.2. The molecule has 5 nitrogen and oxygen atoms in total. The highest BCUT2D eigenvalue weighted by atomic mass is 35.5. The molecule has 0 aliphatic rings. The molecule has 0 spiro atoms. The SMILES string of the molecule is O=C(CNC(=O)Nc1ccc(F)cc1F)Nc1cc(Cl)ccc1Cl. The fourth-order valence-electron chi connectivity index (χ4n) is 1.71. The Kier molecular flexibility index (Phi) is 5.94. The molecule has 9 heteroatoms. The van der Waals surface area contributed by atoms with Gasteiger partial charge in [-0.25, -0.2) is 13.6 Å². The predicted molar refractivity (Wildman–Crippen MR) is 88.5 cm³/mol. The number of carbonyl (C=O) groups is 2. The van der Waals surface area contributed by atoms with Crippen molar-refractivity contribution in [2.24, 2.45) is 0 Å².